The van der Waals surface area contributed by atoms with Gasteiger partial charge >= 0.3 is 0 Å². The van der Waals surface area contributed by atoms with Crippen LogP contribution >= 0.6 is 0 Å². The summed E-state index contributed by atoms with van der Waals surface area (Å²) in [6, 6.07) is 63.1. The van der Waals surface area contributed by atoms with Crippen LogP contribution < -0.4 is 0 Å². The van der Waals surface area contributed by atoms with E-state index in [-0.39, 0.29) is 0 Å². The Morgan fingerprint density at radius 1 is 0.429 bits per heavy atom. The lowest BCUT2D eigenvalue weighted by Gasteiger charge is -2.13. The van der Waals surface area contributed by atoms with Gasteiger partial charge in [0.05, 0.1) is 22.2 Å². The molecule has 0 N–H and O–H groups in total. The first-order chi connectivity index (χ1) is 27.8. The largest absolute Gasteiger partial charge is 0.309 e. The fourth-order valence-corrected chi connectivity index (χ4v) is 8.60. The minimum Gasteiger partial charge on any atom is -0.309 e. The molecule has 0 bridgehead atoms. The standard InChI is InChI=1S/C52H36N4/c1-3-12-35(13-4-1)38-14-11-15-39(32-38)36-22-24-37(25-23-36)47-30-31-53-52(54-47)56-49-21-10-8-19-44(49)46-34-41(27-29-51(46)56)40-26-28-50-45(33-40)43-18-7-9-20-48(43)55(50)42-16-5-2-6-17-42/h1-9,11-20,22-34H,10,21H2. The smallest absolute Gasteiger partial charge is 0.234 e. The number of aromatic nitrogens is 4. The molecule has 0 saturated carbocycles. The lowest BCUT2D eigenvalue weighted by Crippen LogP contribution is -2.07. The number of rotatable bonds is 6. The Balaban J connectivity index is 0.965. The Kier molecular flexibility index (Phi) is 7.59. The van der Waals surface area contributed by atoms with Crippen molar-refractivity contribution in [1.82, 2.24) is 19.1 Å². The highest BCUT2D eigenvalue weighted by molar-refractivity contribution is 6.10. The van der Waals surface area contributed by atoms with Gasteiger partial charge in [0.1, 0.15) is 0 Å². The molecule has 1 aliphatic rings. The van der Waals surface area contributed by atoms with E-state index in [4.69, 9.17) is 9.97 Å². The fourth-order valence-electron chi connectivity index (χ4n) is 8.60. The second-order valence-corrected chi connectivity index (χ2v) is 14.6. The van der Waals surface area contributed by atoms with Crippen LogP contribution in [-0.2, 0) is 6.42 Å². The first kappa shape index (κ1) is 32.2. The summed E-state index contributed by atoms with van der Waals surface area (Å²) in [5.41, 5.74) is 16.4. The zero-order chi connectivity index (χ0) is 37.0. The molecule has 0 fully saturated rings. The van der Waals surface area contributed by atoms with Gasteiger partial charge in [0, 0.05) is 44.9 Å². The van der Waals surface area contributed by atoms with E-state index in [0.717, 1.165) is 29.6 Å². The fraction of sp³-hybridized carbons (Fsp3) is 0.0385. The van der Waals surface area contributed by atoms with Gasteiger partial charge in [-0.2, -0.15) is 0 Å². The molecule has 0 unspecified atom stereocenters. The van der Waals surface area contributed by atoms with Crippen LogP contribution in [0.25, 0.3) is 95.1 Å². The molecule has 1 aliphatic carbocycles. The summed E-state index contributed by atoms with van der Waals surface area (Å²) in [7, 11) is 0. The monoisotopic (exact) mass is 716 g/mol. The number of para-hydroxylation sites is 2. The van der Waals surface area contributed by atoms with Crippen LogP contribution in [0.15, 0.2) is 188 Å². The molecule has 3 heterocycles. The number of benzene rings is 7. The second-order valence-electron chi connectivity index (χ2n) is 14.6. The predicted octanol–water partition coefficient (Wildman–Crippen LogP) is 13.1. The molecule has 264 valence electrons. The predicted molar refractivity (Wildman–Crippen MR) is 232 cm³/mol. The number of hydrogen-bond acceptors (Lipinski definition) is 2. The molecule has 4 heteroatoms. The summed E-state index contributed by atoms with van der Waals surface area (Å²) in [6.07, 6.45) is 8.39. The van der Waals surface area contributed by atoms with E-state index < -0.39 is 0 Å². The highest BCUT2D eigenvalue weighted by Gasteiger charge is 2.21. The lowest BCUT2D eigenvalue weighted by atomic mass is 9.98. The molecule has 0 atom stereocenters. The molecule has 10 aromatic rings. The van der Waals surface area contributed by atoms with Crippen molar-refractivity contribution in [2.75, 3.05) is 0 Å². The van der Waals surface area contributed by atoms with Crippen molar-refractivity contribution in [3.63, 3.8) is 0 Å². The third kappa shape index (κ3) is 5.38. The van der Waals surface area contributed by atoms with Gasteiger partial charge in [0.25, 0.3) is 0 Å². The molecule has 0 amide bonds. The van der Waals surface area contributed by atoms with Crippen LogP contribution in [-0.4, -0.2) is 19.1 Å². The minimum atomic E-state index is 0.701. The molecule has 3 aromatic heterocycles. The van der Waals surface area contributed by atoms with E-state index in [9.17, 15) is 0 Å². The van der Waals surface area contributed by atoms with Crippen molar-refractivity contribution < 1.29 is 0 Å². The van der Waals surface area contributed by atoms with Crippen LogP contribution in [0.5, 0.6) is 0 Å². The van der Waals surface area contributed by atoms with Gasteiger partial charge in [-0.25, -0.2) is 9.97 Å². The second kappa shape index (κ2) is 13.2. The van der Waals surface area contributed by atoms with Crippen molar-refractivity contribution in [2.24, 2.45) is 0 Å². The normalized spacial score (nSPS) is 12.4. The number of nitrogens with zero attached hydrogens (tertiary/aromatic N) is 4. The van der Waals surface area contributed by atoms with Gasteiger partial charge in [0.15, 0.2) is 0 Å². The van der Waals surface area contributed by atoms with Crippen LogP contribution in [0.3, 0.4) is 0 Å². The van der Waals surface area contributed by atoms with Gasteiger partial charge in [-0.3, -0.25) is 4.57 Å². The van der Waals surface area contributed by atoms with Crippen LogP contribution in [0, 0.1) is 0 Å². The Morgan fingerprint density at radius 3 is 1.80 bits per heavy atom. The summed E-state index contributed by atoms with van der Waals surface area (Å²) in [5.74, 6) is 0.701. The molecule has 56 heavy (non-hydrogen) atoms. The van der Waals surface area contributed by atoms with E-state index in [1.165, 1.54) is 77.5 Å². The molecule has 0 radical (unpaired) electrons. The van der Waals surface area contributed by atoms with Crippen molar-refractivity contribution in [3.8, 4) is 56.3 Å². The van der Waals surface area contributed by atoms with E-state index in [1.54, 1.807) is 0 Å². The maximum absolute atomic E-state index is 5.20. The van der Waals surface area contributed by atoms with Crippen molar-refractivity contribution in [2.45, 2.75) is 12.8 Å². The molecule has 0 aliphatic heterocycles. The van der Waals surface area contributed by atoms with Gasteiger partial charge < -0.3 is 4.57 Å². The lowest BCUT2D eigenvalue weighted by molar-refractivity contribution is 0.847. The number of fused-ring (bicyclic) bond motifs is 6. The van der Waals surface area contributed by atoms with Crippen molar-refractivity contribution >= 4 is 38.8 Å². The van der Waals surface area contributed by atoms with Gasteiger partial charge in [-0.05, 0) is 101 Å². The number of hydrogen-bond donors (Lipinski definition) is 0. The summed E-state index contributed by atoms with van der Waals surface area (Å²) < 4.78 is 4.65. The first-order valence-corrected chi connectivity index (χ1v) is 19.3. The zero-order valence-corrected chi connectivity index (χ0v) is 30.7. The average Bonchev–Trinajstić information content (AvgIpc) is 3.79. The quantitative estimate of drug-likeness (QED) is 0.172. The summed E-state index contributed by atoms with van der Waals surface area (Å²) in [5, 5.41) is 3.72. The van der Waals surface area contributed by atoms with Crippen LogP contribution in [0.4, 0.5) is 0 Å². The van der Waals surface area contributed by atoms with E-state index >= 15 is 0 Å². The third-order valence-corrected chi connectivity index (χ3v) is 11.3. The topological polar surface area (TPSA) is 35.6 Å². The Labute approximate surface area is 325 Å². The van der Waals surface area contributed by atoms with Gasteiger partial charge in [-0.15, -0.1) is 0 Å². The molecule has 11 rings (SSSR count). The van der Waals surface area contributed by atoms with Crippen LogP contribution in [0.1, 0.15) is 17.7 Å². The zero-order valence-electron chi connectivity index (χ0n) is 30.7. The van der Waals surface area contributed by atoms with Crippen molar-refractivity contribution in [3.05, 3.63) is 199 Å². The van der Waals surface area contributed by atoms with E-state index in [1.807, 2.05) is 12.3 Å². The van der Waals surface area contributed by atoms with Crippen molar-refractivity contribution in [1.29, 1.82) is 0 Å². The Hall–Kier alpha value is -7.30. The SMILES string of the molecule is C1=Cc2c(n(-c3nccc(-c4ccc(-c5cccc(-c6ccccc6)c5)cc4)n3)c3ccc(-c4ccc5c(c4)c4ccccc4n5-c4ccccc4)cc23)CC1. The molecule has 0 saturated heterocycles. The highest BCUT2D eigenvalue weighted by atomic mass is 15.2. The highest BCUT2D eigenvalue weighted by Crippen LogP contribution is 2.39. The third-order valence-electron chi connectivity index (χ3n) is 11.3. The number of allylic oxidation sites excluding steroid dienone is 1. The Morgan fingerprint density at radius 2 is 1.02 bits per heavy atom. The summed E-state index contributed by atoms with van der Waals surface area (Å²) in [6.45, 7) is 0. The molecule has 7 aromatic carbocycles. The summed E-state index contributed by atoms with van der Waals surface area (Å²) >= 11 is 0. The van der Waals surface area contributed by atoms with E-state index in [0.29, 0.717) is 5.95 Å². The maximum Gasteiger partial charge on any atom is 0.234 e. The average molecular weight is 717 g/mol. The molecular weight excluding hydrogens is 681 g/mol. The van der Waals surface area contributed by atoms with Gasteiger partial charge in [0.2, 0.25) is 5.95 Å². The Bertz CT molecular complexity index is 3110. The van der Waals surface area contributed by atoms with E-state index in [2.05, 4.69) is 191 Å². The van der Waals surface area contributed by atoms with Crippen LogP contribution in [0.2, 0.25) is 0 Å². The first-order valence-electron chi connectivity index (χ1n) is 19.3. The molecule has 4 nitrogen and oxygen atoms in total. The summed E-state index contributed by atoms with van der Waals surface area (Å²) in [4.78, 5) is 10.1. The minimum absolute atomic E-state index is 0.701. The molecule has 0 spiro atoms. The molecular formula is C52H36N4. The van der Waals surface area contributed by atoms with Gasteiger partial charge in [-0.1, -0.05) is 133 Å². The maximum atomic E-state index is 5.20.